The van der Waals surface area contributed by atoms with E-state index < -0.39 is 0 Å². The summed E-state index contributed by atoms with van der Waals surface area (Å²) in [5, 5.41) is 3.45. The second-order valence-corrected chi connectivity index (χ2v) is 5.07. The maximum Gasteiger partial charge on any atom is 0.260 e. The number of carbonyl (C=O) groups is 1. The monoisotopic (exact) mass is 292 g/mol. The molecule has 0 radical (unpaired) electrons. The fraction of sp³-hybridized carbons (Fsp3) is 0.588. The highest BCUT2D eigenvalue weighted by molar-refractivity contribution is 5.77. The summed E-state index contributed by atoms with van der Waals surface area (Å²) in [7, 11) is 0. The number of ether oxygens (including phenoxy) is 1. The number of rotatable bonds is 9. The van der Waals surface area contributed by atoms with Crippen molar-refractivity contribution in [3.05, 3.63) is 29.8 Å². The molecule has 0 saturated heterocycles. The van der Waals surface area contributed by atoms with Crippen molar-refractivity contribution in [3.63, 3.8) is 0 Å². The number of nitrogens with zero attached hydrogens (tertiary/aromatic N) is 1. The summed E-state index contributed by atoms with van der Waals surface area (Å²) in [5.41, 5.74) is 1.10. The molecule has 0 fully saturated rings. The van der Waals surface area contributed by atoms with Gasteiger partial charge in [-0.1, -0.05) is 25.1 Å². The molecule has 1 N–H and O–H groups in total. The van der Waals surface area contributed by atoms with Crippen molar-refractivity contribution < 1.29 is 9.53 Å². The van der Waals surface area contributed by atoms with Gasteiger partial charge in [0.1, 0.15) is 5.75 Å². The van der Waals surface area contributed by atoms with E-state index in [0.29, 0.717) is 0 Å². The molecule has 1 amide bonds. The fourth-order valence-electron chi connectivity index (χ4n) is 2.25. The molecule has 0 saturated carbocycles. The van der Waals surface area contributed by atoms with Crippen molar-refractivity contribution in [1.29, 1.82) is 0 Å². The first-order chi connectivity index (χ1) is 10.1. The molecule has 4 nitrogen and oxygen atoms in total. The number of hydrogen-bond donors (Lipinski definition) is 1. The fourth-order valence-corrected chi connectivity index (χ4v) is 2.25. The zero-order chi connectivity index (χ0) is 15.7. The second-order valence-electron chi connectivity index (χ2n) is 5.07. The molecule has 0 heterocycles. The van der Waals surface area contributed by atoms with Crippen LogP contribution in [0.25, 0.3) is 0 Å². The Hall–Kier alpha value is -1.55. The number of hydrogen-bond acceptors (Lipinski definition) is 3. The van der Waals surface area contributed by atoms with E-state index in [9.17, 15) is 4.79 Å². The van der Waals surface area contributed by atoms with Crippen molar-refractivity contribution in [2.24, 2.45) is 0 Å². The van der Waals surface area contributed by atoms with Crippen LogP contribution in [0, 0.1) is 0 Å². The lowest BCUT2D eigenvalue weighted by Gasteiger charge is -2.21. The molecular formula is C17H28N2O2. The van der Waals surface area contributed by atoms with Crippen molar-refractivity contribution in [1.82, 2.24) is 10.2 Å². The van der Waals surface area contributed by atoms with E-state index in [1.165, 1.54) is 0 Å². The molecular weight excluding hydrogens is 264 g/mol. The molecule has 0 aliphatic heterocycles. The topological polar surface area (TPSA) is 41.6 Å². The van der Waals surface area contributed by atoms with Crippen molar-refractivity contribution >= 4 is 5.91 Å². The van der Waals surface area contributed by atoms with Gasteiger partial charge < -0.3 is 15.0 Å². The number of para-hydroxylation sites is 1. The minimum atomic E-state index is 0.0315. The van der Waals surface area contributed by atoms with Gasteiger partial charge in [0, 0.05) is 24.7 Å². The molecule has 1 rings (SSSR count). The average molecular weight is 292 g/mol. The van der Waals surface area contributed by atoms with E-state index in [2.05, 4.69) is 19.2 Å². The Morgan fingerprint density at radius 1 is 1.24 bits per heavy atom. The van der Waals surface area contributed by atoms with E-state index in [1.54, 1.807) is 4.90 Å². The summed E-state index contributed by atoms with van der Waals surface area (Å²) in [5.74, 6) is 0.818. The van der Waals surface area contributed by atoms with Gasteiger partial charge in [-0.3, -0.25) is 4.79 Å². The molecule has 0 aromatic heterocycles. The molecule has 0 bridgehead atoms. The summed E-state index contributed by atoms with van der Waals surface area (Å²) in [6.07, 6.45) is 1.09. The Bertz CT molecular complexity index is 431. The molecule has 21 heavy (non-hydrogen) atoms. The van der Waals surface area contributed by atoms with Crippen LogP contribution >= 0.6 is 0 Å². The lowest BCUT2D eigenvalue weighted by molar-refractivity contribution is -0.132. The van der Waals surface area contributed by atoms with Crippen LogP contribution < -0.4 is 10.1 Å². The minimum absolute atomic E-state index is 0.0315. The maximum atomic E-state index is 12.0. The first-order valence-corrected chi connectivity index (χ1v) is 7.86. The first-order valence-electron chi connectivity index (χ1n) is 7.86. The lowest BCUT2D eigenvalue weighted by atomic mass is 10.1. The smallest absolute Gasteiger partial charge is 0.260 e. The number of carbonyl (C=O) groups excluding carboxylic acids is 1. The van der Waals surface area contributed by atoms with Crippen LogP contribution in [0.3, 0.4) is 0 Å². The highest BCUT2D eigenvalue weighted by Crippen LogP contribution is 2.24. The average Bonchev–Trinajstić information content (AvgIpc) is 2.52. The van der Waals surface area contributed by atoms with Gasteiger partial charge >= 0.3 is 0 Å². The van der Waals surface area contributed by atoms with Crippen LogP contribution in [0.5, 0.6) is 5.75 Å². The van der Waals surface area contributed by atoms with Gasteiger partial charge in [-0.15, -0.1) is 0 Å². The number of benzene rings is 1. The lowest BCUT2D eigenvalue weighted by Crippen LogP contribution is -2.34. The Balaban J connectivity index is 2.68. The van der Waals surface area contributed by atoms with Crippen molar-refractivity contribution in [2.75, 3.05) is 26.2 Å². The first kappa shape index (κ1) is 17.5. The van der Waals surface area contributed by atoms with Gasteiger partial charge in [-0.05, 0) is 39.8 Å². The van der Waals surface area contributed by atoms with Gasteiger partial charge in [-0.25, -0.2) is 0 Å². The highest BCUT2D eigenvalue weighted by Gasteiger charge is 2.14. The predicted octanol–water partition coefficient (Wildman–Crippen LogP) is 2.99. The third kappa shape index (κ3) is 5.38. The van der Waals surface area contributed by atoms with Gasteiger partial charge in [0.15, 0.2) is 6.61 Å². The Morgan fingerprint density at radius 3 is 2.52 bits per heavy atom. The molecule has 1 aromatic carbocycles. The summed E-state index contributed by atoms with van der Waals surface area (Å²) >= 11 is 0. The van der Waals surface area contributed by atoms with E-state index >= 15 is 0 Å². The number of amides is 1. The summed E-state index contributed by atoms with van der Waals surface area (Å²) in [6.45, 7) is 10.7. The largest absolute Gasteiger partial charge is 0.483 e. The van der Waals surface area contributed by atoms with Gasteiger partial charge in [-0.2, -0.15) is 0 Å². The Kier molecular flexibility index (Phi) is 7.83. The third-order valence-electron chi connectivity index (χ3n) is 3.55. The second kappa shape index (κ2) is 9.40. The molecule has 1 atom stereocenters. The van der Waals surface area contributed by atoms with E-state index in [1.807, 2.05) is 38.1 Å². The van der Waals surface area contributed by atoms with E-state index in [0.717, 1.165) is 37.4 Å². The zero-order valence-electron chi connectivity index (χ0n) is 13.7. The third-order valence-corrected chi connectivity index (χ3v) is 3.55. The molecule has 0 aliphatic carbocycles. The highest BCUT2D eigenvalue weighted by atomic mass is 16.5. The van der Waals surface area contributed by atoms with E-state index in [4.69, 9.17) is 4.74 Å². The van der Waals surface area contributed by atoms with Crippen LogP contribution in [0.4, 0.5) is 0 Å². The van der Waals surface area contributed by atoms with Crippen LogP contribution in [0.15, 0.2) is 24.3 Å². The van der Waals surface area contributed by atoms with Crippen molar-refractivity contribution in [3.8, 4) is 5.75 Å². The molecule has 4 heteroatoms. The number of likely N-dealkylation sites (N-methyl/N-ethyl adjacent to an activating group) is 1. The molecule has 1 aromatic rings. The summed E-state index contributed by atoms with van der Waals surface area (Å²) < 4.78 is 5.75. The molecule has 1 unspecified atom stereocenters. The molecule has 0 aliphatic rings. The normalized spacial score (nSPS) is 12.0. The Morgan fingerprint density at radius 2 is 1.90 bits per heavy atom. The van der Waals surface area contributed by atoms with Crippen LogP contribution in [0.1, 0.15) is 45.7 Å². The summed E-state index contributed by atoms with van der Waals surface area (Å²) in [6, 6.07) is 8.12. The van der Waals surface area contributed by atoms with Gasteiger partial charge in [0.05, 0.1) is 0 Å². The zero-order valence-corrected chi connectivity index (χ0v) is 13.7. The standard InChI is InChI=1S/C17H28N2O2/c1-5-12-18-14(4)15-10-8-9-11-16(15)21-13-17(20)19(6-2)7-3/h8-11,14,18H,5-7,12-13H2,1-4H3. The number of nitrogens with one attached hydrogen (secondary N) is 1. The predicted molar refractivity (Wildman–Crippen MR) is 86.6 cm³/mol. The van der Waals surface area contributed by atoms with Gasteiger partial charge in [0.25, 0.3) is 5.91 Å². The molecule has 0 spiro atoms. The van der Waals surface area contributed by atoms with Crippen molar-refractivity contribution in [2.45, 2.75) is 40.2 Å². The maximum absolute atomic E-state index is 12.0. The SMILES string of the molecule is CCCNC(C)c1ccccc1OCC(=O)N(CC)CC. The Labute approximate surface area is 128 Å². The minimum Gasteiger partial charge on any atom is -0.483 e. The summed E-state index contributed by atoms with van der Waals surface area (Å²) in [4.78, 5) is 13.8. The quantitative estimate of drug-likeness (QED) is 0.761. The van der Waals surface area contributed by atoms with Crippen LogP contribution in [-0.2, 0) is 4.79 Å². The molecule has 118 valence electrons. The van der Waals surface area contributed by atoms with E-state index in [-0.39, 0.29) is 18.6 Å². The van der Waals surface area contributed by atoms with Gasteiger partial charge in [0.2, 0.25) is 0 Å². The van der Waals surface area contributed by atoms with Crippen LogP contribution in [-0.4, -0.2) is 37.0 Å². The van der Waals surface area contributed by atoms with Crippen LogP contribution in [0.2, 0.25) is 0 Å².